The van der Waals surface area contributed by atoms with Gasteiger partial charge in [-0.3, -0.25) is 13.9 Å². The highest BCUT2D eigenvalue weighted by molar-refractivity contribution is 7.86. The first-order valence-electron chi connectivity index (χ1n) is 23.4. The second-order valence-electron chi connectivity index (χ2n) is 18.8. The molecule has 9 aromatic rings. The van der Waals surface area contributed by atoms with E-state index in [9.17, 15) is 22.9 Å². The monoisotopic (exact) mass is 942 g/mol. The van der Waals surface area contributed by atoms with Gasteiger partial charge in [-0.25, -0.2) is 9.97 Å². The first kappa shape index (κ1) is 43.3. The Morgan fingerprint density at radius 2 is 1.59 bits per heavy atom. The van der Waals surface area contributed by atoms with E-state index in [0.717, 1.165) is 122 Å². The van der Waals surface area contributed by atoms with E-state index >= 15 is 0 Å². The Morgan fingerprint density at radius 3 is 2.34 bits per heavy atom. The molecule has 6 aromatic carbocycles. The summed E-state index contributed by atoms with van der Waals surface area (Å²) < 4.78 is 41.4. The first-order valence-corrected chi connectivity index (χ1v) is 24.8. The molecule has 1 atom stereocenters. The van der Waals surface area contributed by atoms with Gasteiger partial charge in [-0.2, -0.15) is 18.4 Å². The summed E-state index contributed by atoms with van der Waals surface area (Å²) in [6, 6.07) is 34.5. The van der Waals surface area contributed by atoms with Gasteiger partial charge in [0.05, 0.1) is 34.7 Å². The minimum Gasteiger partial charge on any atom is -0.507 e. The van der Waals surface area contributed by atoms with Crippen molar-refractivity contribution in [2.75, 3.05) is 7.11 Å². The van der Waals surface area contributed by atoms with Crippen LogP contribution in [0.2, 0.25) is 0 Å². The number of nitrogens with zero attached hydrogens (tertiary/aromatic N) is 5. The number of aromatic nitrogens is 6. The van der Waals surface area contributed by atoms with Crippen LogP contribution >= 0.6 is 0 Å². The molecule has 12 nitrogen and oxygen atoms in total. The number of ether oxygens (including phenoxy) is 1. The lowest BCUT2D eigenvalue weighted by atomic mass is 9.82. The summed E-state index contributed by atoms with van der Waals surface area (Å²) >= 11 is 0. The average Bonchev–Trinajstić information content (AvgIpc) is 4.03. The molecule has 0 fully saturated rings. The molecule has 70 heavy (non-hydrogen) atoms. The Labute approximate surface area is 403 Å². The van der Waals surface area contributed by atoms with Crippen molar-refractivity contribution in [1.82, 2.24) is 29.5 Å². The number of aromatic hydroxyl groups is 1. The number of para-hydroxylation sites is 2. The van der Waals surface area contributed by atoms with Crippen LogP contribution in [-0.4, -0.2) is 60.5 Å². The molecule has 0 saturated heterocycles. The van der Waals surface area contributed by atoms with Crippen LogP contribution in [0.1, 0.15) is 90.6 Å². The normalized spacial score (nSPS) is 16.2. The Hall–Kier alpha value is -8.00. The van der Waals surface area contributed by atoms with E-state index < -0.39 is 26.5 Å². The van der Waals surface area contributed by atoms with E-state index in [1.807, 2.05) is 36.4 Å². The number of H-pyrrole nitrogens is 1. The number of ketones is 1. The van der Waals surface area contributed by atoms with E-state index in [1.165, 1.54) is 18.2 Å². The van der Waals surface area contributed by atoms with Crippen LogP contribution in [0.15, 0.2) is 144 Å². The smallest absolute Gasteiger partial charge is 0.298 e. The predicted molar refractivity (Wildman–Crippen MR) is 272 cm³/mol. The number of carbonyl (C=O) groups excluding carboxylic acids is 1. The SMILES string of the molecule is COc1cc(O)c(C(=O)c2ccc(-c3ccc4c(c3)c3cc5c(cc3n4-c3nc(C4=CC=CCC4)nc(C4C=CCCC4)n3)C(C)(C)c3ccc(-c4nc6ccccc6[nH]4)cc3-5)cc2)cc1S(=O)(=O)O. The van der Waals surface area contributed by atoms with Gasteiger partial charge in [0, 0.05) is 39.3 Å². The minimum atomic E-state index is -4.76. The maximum atomic E-state index is 13.8. The number of hydrogen-bond acceptors (Lipinski definition) is 9. The third-order valence-electron chi connectivity index (χ3n) is 14.2. The highest BCUT2D eigenvalue weighted by Gasteiger charge is 2.37. The highest BCUT2D eigenvalue weighted by atomic mass is 32.2. The lowest BCUT2D eigenvalue weighted by Crippen LogP contribution is -2.15. The summed E-state index contributed by atoms with van der Waals surface area (Å²) in [6.45, 7) is 4.57. The molecule has 0 radical (unpaired) electrons. The summed E-state index contributed by atoms with van der Waals surface area (Å²) in [5, 5.41) is 12.7. The lowest BCUT2D eigenvalue weighted by Gasteiger charge is -2.22. The maximum absolute atomic E-state index is 13.8. The topological polar surface area (TPSA) is 173 Å². The standard InChI is InChI=1S/C57H46N6O6S/c1-57(2)43-24-22-37(55-58-45-16-10-11-17-46(45)59-55)27-38(43)39-28-41-40-26-36(32-18-20-33(21-19-32)52(65)42-29-51(70(66,67)68)50(69-3)31-49(42)64)23-25-47(40)63(48(41)30-44(39)57)56-61-53(34-12-6-4-7-13-34)60-54(62-56)35-14-8-5-9-15-35/h4,6,8,10-12,14,16-31,35,64H,5,7,9,13,15H2,1-3H3,(H,58,59)(H,66,67,68). The van der Waals surface area contributed by atoms with Gasteiger partial charge in [-0.1, -0.05) is 98.8 Å². The molecule has 3 heterocycles. The molecular formula is C57H46N6O6S. The Morgan fingerprint density at radius 1 is 0.800 bits per heavy atom. The number of methoxy groups -OCH3 is 1. The highest BCUT2D eigenvalue weighted by Crippen LogP contribution is 2.52. The van der Waals surface area contributed by atoms with Crippen molar-refractivity contribution in [2.45, 2.75) is 62.2 Å². The fourth-order valence-electron chi connectivity index (χ4n) is 10.6. The van der Waals surface area contributed by atoms with E-state index in [4.69, 9.17) is 24.7 Å². The fourth-order valence-corrected chi connectivity index (χ4v) is 11.2. The van der Waals surface area contributed by atoms with Crippen LogP contribution in [-0.2, 0) is 15.5 Å². The second kappa shape index (κ2) is 16.3. The molecule has 13 heteroatoms. The van der Waals surface area contributed by atoms with Crippen LogP contribution in [0.25, 0.3) is 78.0 Å². The minimum absolute atomic E-state index is 0.0700. The maximum Gasteiger partial charge on any atom is 0.298 e. The van der Waals surface area contributed by atoms with Crippen molar-refractivity contribution in [3.63, 3.8) is 0 Å². The molecule has 346 valence electrons. The van der Waals surface area contributed by atoms with Gasteiger partial charge in [-0.05, 0) is 120 Å². The molecule has 3 aliphatic carbocycles. The summed E-state index contributed by atoms with van der Waals surface area (Å²) in [7, 11) is -3.56. The van der Waals surface area contributed by atoms with Crippen molar-refractivity contribution in [1.29, 1.82) is 0 Å². The van der Waals surface area contributed by atoms with E-state index in [-0.39, 0.29) is 28.2 Å². The largest absolute Gasteiger partial charge is 0.507 e. The molecule has 3 aromatic heterocycles. The third kappa shape index (κ3) is 7.14. The van der Waals surface area contributed by atoms with Gasteiger partial charge in [0.1, 0.15) is 28.0 Å². The van der Waals surface area contributed by atoms with Crippen LogP contribution in [0.4, 0.5) is 0 Å². The molecule has 12 rings (SSSR count). The fraction of sp³-hybridized carbons (Fsp3) is 0.175. The van der Waals surface area contributed by atoms with Gasteiger partial charge >= 0.3 is 0 Å². The number of carbonyl (C=O) groups is 1. The van der Waals surface area contributed by atoms with Gasteiger partial charge in [0.15, 0.2) is 11.6 Å². The molecular weight excluding hydrogens is 897 g/mol. The number of aromatic amines is 1. The zero-order chi connectivity index (χ0) is 48.1. The molecule has 0 spiro atoms. The number of allylic oxidation sites excluding steroid dienone is 6. The number of imidazole rings is 1. The van der Waals surface area contributed by atoms with Crippen LogP contribution in [0, 0.1) is 0 Å². The number of benzene rings is 6. The summed E-state index contributed by atoms with van der Waals surface area (Å²) in [5.74, 6) is 1.49. The molecule has 0 saturated carbocycles. The average molecular weight is 943 g/mol. The van der Waals surface area contributed by atoms with E-state index in [2.05, 4.69) is 102 Å². The molecule has 3 N–H and O–H groups in total. The zero-order valence-corrected chi connectivity index (χ0v) is 39.4. The second-order valence-corrected chi connectivity index (χ2v) is 20.2. The zero-order valence-electron chi connectivity index (χ0n) is 38.6. The summed E-state index contributed by atoms with van der Waals surface area (Å²) in [5.41, 5.74) is 11.9. The number of rotatable bonds is 9. The number of hydrogen-bond donors (Lipinski definition) is 3. The number of fused-ring (bicyclic) bond motifs is 7. The number of phenols is 1. The van der Waals surface area contributed by atoms with Crippen molar-refractivity contribution < 1.29 is 27.6 Å². The number of phenolic OH excluding ortho intramolecular Hbond substituents is 1. The van der Waals surface area contributed by atoms with Gasteiger partial charge in [0.25, 0.3) is 10.1 Å². The predicted octanol–water partition coefficient (Wildman–Crippen LogP) is 12.2. The van der Waals surface area contributed by atoms with Crippen molar-refractivity contribution in [3.8, 4) is 51.1 Å². The molecule has 1 unspecified atom stereocenters. The van der Waals surface area contributed by atoms with Crippen molar-refractivity contribution in [2.24, 2.45) is 0 Å². The van der Waals surface area contributed by atoms with E-state index in [1.54, 1.807) is 12.1 Å². The van der Waals surface area contributed by atoms with Crippen LogP contribution in [0.5, 0.6) is 11.5 Å². The molecule has 0 aliphatic heterocycles. The quantitative estimate of drug-likeness (QED) is 0.0718. The number of nitrogens with one attached hydrogen (secondary N) is 1. The van der Waals surface area contributed by atoms with Crippen molar-refractivity contribution >= 4 is 54.3 Å². The molecule has 0 bridgehead atoms. The summed E-state index contributed by atoms with van der Waals surface area (Å²) in [4.78, 5) is 37.4. The third-order valence-corrected chi connectivity index (χ3v) is 15.1. The summed E-state index contributed by atoms with van der Waals surface area (Å²) in [6.07, 6.45) is 15.6. The van der Waals surface area contributed by atoms with Gasteiger partial charge < -0.3 is 14.8 Å². The lowest BCUT2D eigenvalue weighted by molar-refractivity contribution is 0.103. The first-order chi connectivity index (χ1) is 33.8. The van der Waals surface area contributed by atoms with Crippen LogP contribution < -0.4 is 4.74 Å². The van der Waals surface area contributed by atoms with Crippen molar-refractivity contribution in [3.05, 3.63) is 173 Å². The van der Waals surface area contributed by atoms with Gasteiger partial charge in [0.2, 0.25) is 5.95 Å². The van der Waals surface area contributed by atoms with Crippen LogP contribution in [0.3, 0.4) is 0 Å². The Bertz CT molecular complexity index is 3870. The molecule has 3 aliphatic rings. The Balaban J connectivity index is 1.03. The molecule has 0 amide bonds. The van der Waals surface area contributed by atoms with Gasteiger partial charge in [-0.15, -0.1) is 0 Å². The van der Waals surface area contributed by atoms with E-state index in [0.29, 0.717) is 11.8 Å². The Kier molecular flexibility index (Phi) is 10.1.